The first-order chi connectivity index (χ1) is 16.0. The molecule has 0 aromatic heterocycles. The second-order valence-corrected chi connectivity index (χ2v) is 9.92. The molecule has 2 aromatic carbocycles. The van der Waals surface area contributed by atoms with Gasteiger partial charge in [0.05, 0.1) is 6.04 Å². The van der Waals surface area contributed by atoms with Crippen molar-refractivity contribution in [2.24, 2.45) is 5.92 Å². The average Bonchev–Trinajstić information content (AvgIpc) is 2.85. The van der Waals surface area contributed by atoms with Gasteiger partial charge in [-0.15, -0.1) is 0 Å². The monoisotopic (exact) mass is 464 g/mol. The Hall–Kier alpha value is -2.60. The summed E-state index contributed by atoms with van der Waals surface area (Å²) in [6.45, 7) is 8.47. The molecule has 1 unspecified atom stereocenters. The van der Waals surface area contributed by atoms with E-state index in [9.17, 15) is 4.79 Å². The molecule has 2 fully saturated rings. The van der Waals surface area contributed by atoms with Gasteiger partial charge in [-0.2, -0.15) is 0 Å². The Morgan fingerprint density at radius 1 is 0.939 bits per heavy atom. The van der Waals surface area contributed by atoms with Crippen LogP contribution in [0.1, 0.15) is 67.9 Å². The summed E-state index contributed by atoms with van der Waals surface area (Å²) < 4.78 is 0. The molecule has 33 heavy (non-hydrogen) atoms. The van der Waals surface area contributed by atoms with Gasteiger partial charge in [0.2, 0.25) is 0 Å². The molecule has 4 rings (SSSR count). The number of nitrogens with zero attached hydrogens (tertiary/aromatic N) is 2. The molecule has 0 radical (unpaired) electrons. The summed E-state index contributed by atoms with van der Waals surface area (Å²) in [5.74, 6) is 0.961. The Morgan fingerprint density at radius 2 is 1.58 bits per heavy atom. The van der Waals surface area contributed by atoms with Gasteiger partial charge in [-0.25, -0.2) is 0 Å². The van der Waals surface area contributed by atoms with Crippen molar-refractivity contribution in [3.8, 4) is 0 Å². The van der Waals surface area contributed by atoms with E-state index in [0.717, 1.165) is 56.2 Å². The first-order valence-corrected chi connectivity index (χ1v) is 12.7. The Balaban J connectivity index is 1.28. The highest BCUT2D eigenvalue weighted by molar-refractivity contribution is 7.80. The SMILES string of the molecule is CC1CCN(c2ccc(C(C)NC(=S)Nc3ccc(C(=O)N4CCCCC4)cc3)cc2)CC1. The maximum Gasteiger partial charge on any atom is 0.253 e. The van der Waals surface area contributed by atoms with Gasteiger partial charge in [0.1, 0.15) is 0 Å². The van der Waals surface area contributed by atoms with Crippen LogP contribution in [0.4, 0.5) is 11.4 Å². The molecule has 2 aromatic rings. The van der Waals surface area contributed by atoms with E-state index in [1.165, 1.54) is 30.5 Å². The summed E-state index contributed by atoms with van der Waals surface area (Å²) in [4.78, 5) is 17.1. The summed E-state index contributed by atoms with van der Waals surface area (Å²) in [6.07, 6.45) is 5.96. The Labute approximate surface area is 203 Å². The van der Waals surface area contributed by atoms with Gasteiger partial charge in [0.15, 0.2) is 5.11 Å². The summed E-state index contributed by atoms with van der Waals surface area (Å²) in [5.41, 5.74) is 4.12. The summed E-state index contributed by atoms with van der Waals surface area (Å²) >= 11 is 5.53. The summed E-state index contributed by atoms with van der Waals surface area (Å²) in [7, 11) is 0. The Kier molecular flexibility index (Phi) is 7.86. The fraction of sp³-hybridized carbons (Fsp3) is 0.481. The fourth-order valence-corrected chi connectivity index (χ4v) is 4.96. The number of piperidine rings is 2. The first kappa shape index (κ1) is 23.6. The molecule has 2 heterocycles. The largest absolute Gasteiger partial charge is 0.372 e. The number of carbonyl (C=O) groups excluding carboxylic acids is 1. The van der Waals surface area contributed by atoms with Crippen LogP contribution >= 0.6 is 12.2 Å². The van der Waals surface area contributed by atoms with Gasteiger partial charge in [-0.3, -0.25) is 4.79 Å². The fourth-order valence-electron chi connectivity index (χ4n) is 4.66. The quantitative estimate of drug-likeness (QED) is 0.564. The molecule has 1 atom stereocenters. The van der Waals surface area contributed by atoms with Crippen LogP contribution in [0, 0.1) is 5.92 Å². The minimum atomic E-state index is 0.0976. The molecule has 2 aliphatic rings. The lowest BCUT2D eigenvalue weighted by Crippen LogP contribution is -2.35. The van der Waals surface area contributed by atoms with Gasteiger partial charge in [0.25, 0.3) is 5.91 Å². The zero-order chi connectivity index (χ0) is 23.2. The predicted molar refractivity (Wildman–Crippen MR) is 141 cm³/mol. The van der Waals surface area contributed by atoms with Gasteiger partial charge in [-0.1, -0.05) is 19.1 Å². The number of hydrogen-bond acceptors (Lipinski definition) is 3. The van der Waals surface area contributed by atoms with E-state index in [2.05, 4.69) is 53.6 Å². The maximum absolute atomic E-state index is 12.6. The Bertz CT molecular complexity index is 930. The predicted octanol–water partition coefficient (Wildman–Crippen LogP) is 5.60. The lowest BCUT2D eigenvalue weighted by Gasteiger charge is -2.32. The minimum Gasteiger partial charge on any atom is -0.372 e. The normalized spacial score (nSPS) is 18.0. The van der Waals surface area contributed by atoms with Crippen LogP contribution in [0.15, 0.2) is 48.5 Å². The van der Waals surface area contributed by atoms with Crippen LogP contribution in [-0.2, 0) is 0 Å². The number of benzene rings is 2. The topological polar surface area (TPSA) is 47.6 Å². The standard InChI is InChI=1S/C27H36N4OS/c1-20-14-18-30(19-15-20)25-12-8-22(9-13-25)21(2)28-27(33)29-24-10-6-23(7-11-24)26(32)31-16-4-3-5-17-31/h6-13,20-21H,3-5,14-19H2,1-2H3,(H2,28,29,33). The Morgan fingerprint density at radius 3 is 2.21 bits per heavy atom. The van der Waals surface area contributed by atoms with Crippen molar-refractivity contribution in [2.45, 2.75) is 52.0 Å². The van der Waals surface area contributed by atoms with Gasteiger partial charge >= 0.3 is 0 Å². The van der Waals surface area contributed by atoms with E-state index in [1.54, 1.807) is 0 Å². The van der Waals surface area contributed by atoms with E-state index in [-0.39, 0.29) is 11.9 Å². The lowest BCUT2D eigenvalue weighted by atomic mass is 9.98. The van der Waals surface area contributed by atoms with Gasteiger partial charge < -0.3 is 20.4 Å². The molecule has 2 aliphatic heterocycles. The van der Waals surface area contributed by atoms with Crippen LogP contribution in [0.25, 0.3) is 0 Å². The number of carbonyl (C=O) groups is 1. The third-order valence-corrected chi connectivity index (χ3v) is 7.14. The summed E-state index contributed by atoms with van der Waals surface area (Å²) in [6, 6.07) is 16.5. The number of thiocarbonyl (C=S) groups is 1. The third-order valence-electron chi connectivity index (χ3n) is 6.92. The molecule has 0 aliphatic carbocycles. The van der Waals surface area contributed by atoms with E-state index in [0.29, 0.717) is 5.11 Å². The van der Waals surface area contributed by atoms with Crippen LogP contribution in [0.3, 0.4) is 0 Å². The highest BCUT2D eigenvalue weighted by Gasteiger charge is 2.18. The minimum absolute atomic E-state index is 0.0976. The van der Waals surface area contributed by atoms with E-state index < -0.39 is 0 Å². The molecule has 6 heteroatoms. The van der Waals surface area contributed by atoms with Crippen LogP contribution < -0.4 is 15.5 Å². The van der Waals surface area contributed by atoms with Crippen molar-refractivity contribution in [1.29, 1.82) is 0 Å². The average molecular weight is 465 g/mol. The zero-order valence-electron chi connectivity index (χ0n) is 19.8. The maximum atomic E-state index is 12.6. The van der Waals surface area contributed by atoms with Crippen molar-refractivity contribution in [3.05, 3.63) is 59.7 Å². The number of likely N-dealkylation sites (tertiary alicyclic amines) is 1. The molecule has 2 N–H and O–H groups in total. The molecule has 0 bridgehead atoms. The van der Waals surface area contributed by atoms with Crippen molar-refractivity contribution >= 4 is 34.6 Å². The molecule has 5 nitrogen and oxygen atoms in total. The molecule has 1 amide bonds. The second kappa shape index (κ2) is 11.0. The molecule has 2 saturated heterocycles. The smallest absolute Gasteiger partial charge is 0.253 e. The molecule has 176 valence electrons. The number of amides is 1. The van der Waals surface area contributed by atoms with Gasteiger partial charge in [-0.05, 0) is 99.1 Å². The first-order valence-electron chi connectivity index (χ1n) is 12.3. The van der Waals surface area contributed by atoms with E-state index in [4.69, 9.17) is 12.2 Å². The zero-order valence-corrected chi connectivity index (χ0v) is 20.7. The summed E-state index contributed by atoms with van der Waals surface area (Å²) in [5, 5.41) is 7.19. The number of nitrogens with one attached hydrogen (secondary N) is 2. The molecule has 0 saturated carbocycles. The van der Waals surface area contributed by atoms with E-state index in [1.807, 2.05) is 29.2 Å². The molecule has 0 spiro atoms. The highest BCUT2D eigenvalue weighted by atomic mass is 32.1. The van der Waals surface area contributed by atoms with E-state index >= 15 is 0 Å². The second-order valence-electron chi connectivity index (χ2n) is 9.51. The van der Waals surface area contributed by atoms with Crippen LogP contribution in [0.2, 0.25) is 0 Å². The highest BCUT2D eigenvalue weighted by Crippen LogP contribution is 2.25. The van der Waals surface area contributed by atoms with Crippen molar-refractivity contribution in [3.63, 3.8) is 0 Å². The lowest BCUT2D eigenvalue weighted by molar-refractivity contribution is 0.0724. The van der Waals surface area contributed by atoms with Gasteiger partial charge in [0, 0.05) is 43.1 Å². The molecular formula is C27H36N4OS. The van der Waals surface area contributed by atoms with Crippen molar-refractivity contribution in [2.75, 3.05) is 36.4 Å². The third kappa shape index (κ3) is 6.26. The number of rotatable bonds is 5. The number of anilines is 2. The van der Waals surface area contributed by atoms with Crippen molar-refractivity contribution < 1.29 is 4.79 Å². The molecular weight excluding hydrogens is 428 g/mol. The van der Waals surface area contributed by atoms with Crippen molar-refractivity contribution in [1.82, 2.24) is 10.2 Å². The van der Waals surface area contributed by atoms with Crippen LogP contribution in [0.5, 0.6) is 0 Å². The van der Waals surface area contributed by atoms with Crippen LogP contribution in [-0.4, -0.2) is 42.1 Å². The number of hydrogen-bond donors (Lipinski definition) is 2.